The maximum atomic E-state index is 10.7. The van der Waals surface area contributed by atoms with E-state index in [-0.39, 0.29) is 6.42 Å². The zero-order valence-electron chi connectivity index (χ0n) is 10.8. The highest BCUT2D eigenvalue weighted by Crippen LogP contribution is 2.30. The third-order valence-corrected chi connectivity index (χ3v) is 5.04. The number of thiazole rings is 1. The van der Waals surface area contributed by atoms with Crippen LogP contribution < -0.4 is 0 Å². The van der Waals surface area contributed by atoms with Crippen LogP contribution in [0.15, 0.2) is 28.6 Å². The third kappa shape index (κ3) is 4.08. The Bertz CT molecular complexity index is 576. The zero-order valence-corrected chi connectivity index (χ0v) is 12.5. The largest absolute Gasteiger partial charge is 0.481 e. The number of rotatable bonds is 5. The molecule has 1 heterocycles. The second-order valence-corrected chi connectivity index (χ2v) is 6.64. The van der Waals surface area contributed by atoms with Gasteiger partial charge in [0, 0.05) is 10.6 Å². The molecular weight excluding hydrogens is 278 g/mol. The highest BCUT2D eigenvalue weighted by atomic mass is 32.2. The second-order valence-electron chi connectivity index (χ2n) is 4.33. The van der Waals surface area contributed by atoms with Crippen LogP contribution in [-0.2, 0) is 17.0 Å². The molecule has 0 aliphatic heterocycles. The summed E-state index contributed by atoms with van der Waals surface area (Å²) in [5.41, 5.74) is 3.34. The average Bonchev–Trinajstić information content (AvgIpc) is 2.69. The number of aromatic nitrogens is 1. The van der Waals surface area contributed by atoms with Gasteiger partial charge in [-0.05, 0) is 19.4 Å². The van der Waals surface area contributed by atoms with Crippen molar-refractivity contribution in [1.82, 2.24) is 4.98 Å². The first-order valence-corrected chi connectivity index (χ1v) is 7.71. The van der Waals surface area contributed by atoms with Gasteiger partial charge in [-0.15, -0.1) is 11.3 Å². The van der Waals surface area contributed by atoms with E-state index in [9.17, 15) is 4.79 Å². The van der Waals surface area contributed by atoms with Gasteiger partial charge < -0.3 is 5.11 Å². The molecule has 0 bridgehead atoms. The minimum atomic E-state index is -0.804. The first kappa shape index (κ1) is 14.1. The summed E-state index contributed by atoms with van der Waals surface area (Å²) in [7, 11) is 0. The molecule has 2 aromatic rings. The molecule has 0 saturated heterocycles. The topological polar surface area (TPSA) is 50.2 Å². The predicted octanol–water partition coefficient (Wildman–Crippen LogP) is 3.68. The molecule has 0 spiro atoms. The molecule has 0 saturated carbocycles. The second kappa shape index (κ2) is 6.21. The smallest absolute Gasteiger partial charge is 0.308 e. The Kier molecular flexibility index (Phi) is 4.61. The zero-order chi connectivity index (χ0) is 13.8. The summed E-state index contributed by atoms with van der Waals surface area (Å²) < 4.78 is 0.939. The molecule has 1 aromatic carbocycles. The molecule has 100 valence electrons. The van der Waals surface area contributed by atoms with Crippen LogP contribution in [0.3, 0.4) is 0 Å². The van der Waals surface area contributed by atoms with Crippen molar-refractivity contribution in [1.29, 1.82) is 0 Å². The van der Waals surface area contributed by atoms with E-state index in [1.807, 2.05) is 6.92 Å². The van der Waals surface area contributed by atoms with Gasteiger partial charge in [0.1, 0.15) is 0 Å². The van der Waals surface area contributed by atoms with Gasteiger partial charge in [-0.1, -0.05) is 41.6 Å². The Labute approximate surface area is 120 Å². The monoisotopic (exact) mass is 293 g/mol. The molecule has 1 N–H and O–H groups in total. The Morgan fingerprint density at radius 3 is 2.63 bits per heavy atom. The summed E-state index contributed by atoms with van der Waals surface area (Å²) in [6, 6.07) is 8.42. The maximum absolute atomic E-state index is 10.7. The lowest BCUT2D eigenvalue weighted by Gasteiger charge is -1.99. The number of hydrogen-bond acceptors (Lipinski definition) is 4. The first-order valence-electron chi connectivity index (χ1n) is 5.91. The fourth-order valence-electron chi connectivity index (χ4n) is 1.59. The predicted molar refractivity (Wildman–Crippen MR) is 78.9 cm³/mol. The SMILES string of the molecule is Cc1ccc(CSc2nc(C)c(CC(=O)O)s2)cc1. The summed E-state index contributed by atoms with van der Waals surface area (Å²) in [6.07, 6.45) is 0.0641. The van der Waals surface area contributed by atoms with E-state index in [1.54, 1.807) is 11.8 Å². The van der Waals surface area contributed by atoms with E-state index in [1.165, 1.54) is 22.5 Å². The Balaban J connectivity index is 1.99. The molecule has 0 fully saturated rings. The van der Waals surface area contributed by atoms with Crippen molar-refractivity contribution in [3.8, 4) is 0 Å². The standard InChI is InChI=1S/C14H15NO2S2/c1-9-3-5-11(6-4-9)8-18-14-15-10(2)12(19-14)7-13(16)17/h3-6H,7-8H2,1-2H3,(H,16,17). The number of carboxylic acids is 1. The van der Waals surface area contributed by atoms with Crippen molar-refractivity contribution in [3.05, 3.63) is 46.0 Å². The molecule has 2 rings (SSSR count). The molecule has 0 unspecified atom stereocenters. The molecular formula is C14H15NO2S2. The summed E-state index contributed by atoms with van der Waals surface area (Å²) >= 11 is 3.14. The Morgan fingerprint density at radius 1 is 1.32 bits per heavy atom. The van der Waals surface area contributed by atoms with E-state index in [4.69, 9.17) is 5.11 Å². The van der Waals surface area contributed by atoms with Gasteiger partial charge >= 0.3 is 5.97 Å². The molecule has 0 radical (unpaired) electrons. The minimum Gasteiger partial charge on any atom is -0.481 e. The molecule has 0 atom stereocenters. The van der Waals surface area contributed by atoms with E-state index < -0.39 is 5.97 Å². The summed E-state index contributed by atoms with van der Waals surface area (Å²) in [4.78, 5) is 16.0. The highest BCUT2D eigenvalue weighted by molar-refractivity contribution is 8.00. The van der Waals surface area contributed by atoms with E-state index >= 15 is 0 Å². The molecule has 0 aliphatic carbocycles. The van der Waals surface area contributed by atoms with Crippen LogP contribution >= 0.6 is 23.1 Å². The highest BCUT2D eigenvalue weighted by Gasteiger charge is 2.11. The van der Waals surface area contributed by atoms with E-state index in [0.717, 1.165) is 20.7 Å². The number of hydrogen-bond donors (Lipinski definition) is 1. The van der Waals surface area contributed by atoms with Gasteiger partial charge in [0.05, 0.1) is 12.1 Å². The van der Waals surface area contributed by atoms with Gasteiger partial charge in [0.25, 0.3) is 0 Å². The Morgan fingerprint density at radius 2 is 2.00 bits per heavy atom. The summed E-state index contributed by atoms with van der Waals surface area (Å²) in [5, 5.41) is 8.81. The minimum absolute atomic E-state index is 0.0641. The molecule has 1 aromatic heterocycles. The van der Waals surface area contributed by atoms with Crippen LogP contribution in [-0.4, -0.2) is 16.1 Å². The quantitative estimate of drug-likeness (QED) is 0.854. The van der Waals surface area contributed by atoms with Crippen molar-refractivity contribution in [2.75, 3.05) is 0 Å². The fraction of sp³-hybridized carbons (Fsp3) is 0.286. The molecule has 3 nitrogen and oxygen atoms in total. The number of aryl methyl sites for hydroxylation is 2. The van der Waals surface area contributed by atoms with Crippen LogP contribution in [0.25, 0.3) is 0 Å². The van der Waals surface area contributed by atoms with Crippen LogP contribution in [0, 0.1) is 13.8 Å². The van der Waals surface area contributed by atoms with Crippen LogP contribution in [0.5, 0.6) is 0 Å². The van der Waals surface area contributed by atoms with Gasteiger partial charge in [-0.25, -0.2) is 4.98 Å². The normalized spacial score (nSPS) is 10.6. The van der Waals surface area contributed by atoms with Crippen molar-refractivity contribution in [2.24, 2.45) is 0 Å². The number of carboxylic acid groups (broad SMARTS) is 1. The summed E-state index contributed by atoms with van der Waals surface area (Å²) in [6.45, 7) is 3.93. The lowest BCUT2D eigenvalue weighted by molar-refractivity contribution is -0.136. The summed E-state index contributed by atoms with van der Waals surface area (Å²) in [5.74, 6) is 0.0570. The van der Waals surface area contributed by atoms with Gasteiger partial charge in [0.2, 0.25) is 0 Å². The Hall–Kier alpha value is -1.33. The number of aliphatic carboxylic acids is 1. The van der Waals surface area contributed by atoms with Crippen molar-refractivity contribution >= 4 is 29.1 Å². The van der Waals surface area contributed by atoms with Crippen LogP contribution in [0.4, 0.5) is 0 Å². The van der Waals surface area contributed by atoms with Crippen molar-refractivity contribution in [3.63, 3.8) is 0 Å². The molecule has 5 heteroatoms. The van der Waals surface area contributed by atoms with Crippen LogP contribution in [0.2, 0.25) is 0 Å². The fourth-order valence-corrected chi connectivity index (χ4v) is 3.77. The van der Waals surface area contributed by atoms with Crippen molar-refractivity contribution in [2.45, 2.75) is 30.4 Å². The number of carbonyl (C=O) groups is 1. The van der Waals surface area contributed by atoms with Gasteiger partial charge in [-0.3, -0.25) is 4.79 Å². The third-order valence-electron chi connectivity index (χ3n) is 2.67. The van der Waals surface area contributed by atoms with Gasteiger partial charge in [-0.2, -0.15) is 0 Å². The number of nitrogens with zero attached hydrogens (tertiary/aromatic N) is 1. The number of benzene rings is 1. The lowest BCUT2D eigenvalue weighted by atomic mass is 10.2. The van der Waals surface area contributed by atoms with Crippen LogP contribution in [0.1, 0.15) is 21.7 Å². The van der Waals surface area contributed by atoms with E-state index in [0.29, 0.717) is 0 Å². The molecule has 0 aliphatic rings. The van der Waals surface area contributed by atoms with E-state index in [2.05, 4.69) is 36.2 Å². The first-order chi connectivity index (χ1) is 9.04. The lowest BCUT2D eigenvalue weighted by Crippen LogP contribution is -1.99. The van der Waals surface area contributed by atoms with Crippen molar-refractivity contribution < 1.29 is 9.90 Å². The maximum Gasteiger partial charge on any atom is 0.308 e. The van der Waals surface area contributed by atoms with Gasteiger partial charge in [0.15, 0.2) is 4.34 Å². The number of thioether (sulfide) groups is 1. The molecule has 0 amide bonds. The molecule has 19 heavy (non-hydrogen) atoms. The average molecular weight is 293 g/mol.